The fourth-order valence-electron chi connectivity index (χ4n) is 1.68. The number of nitrogens with zero attached hydrogens (tertiary/aromatic N) is 2. The van der Waals surface area contributed by atoms with Gasteiger partial charge in [-0.1, -0.05) is 27.5 Å². The lowest BCUT2D eigenvalue weighted by molar-refractivity contribution is -0.385. The van der Waals surface area contributed by atoms with E-state index in [2.05, 4.69) is 20.9 Å². The number of hydrogen-bond acceptors (Lipinski definition) is 4. The Balaban J connectivity index is 2.53. The number of nitro groups is 1. The Hall–Kier alpha value is -1.66. The molecule has 104 valence electrons. The number of pyridine rings is 1. The van der Waals surface area contributed by atoms with Crippen molar-refractivity contribution >= 4 is 33.2 Å². The van der Waals surface area contributed by atoms with E-state index in [0.717, 1.165) is 5.56 Å². The molecular formula is C13H10BrClN2O3. The summed E-state index contributed by atoms with van der Waals surface area (Å²) in [5.74, 6) is 0.641. The summed E-state index contributed by atoms with van der Waals surface area (Å²) in [6.45, 7) is 3.53. The summed E-state index contributed by atoms with van der Waals surface area (Å²) < 4.78 is 6.30. The van der Waals surface area contributed by atoms with Crippen molar-refractivity contribution in [2.24, 2.45) is 0 Å². The molecule has 1 aromatic heterocycles. The average molecular weight is 358 g/mol. The van der Waals surface area contributed by atoms with Crippen molar-refractivity contribution < 1.29 is 9.66 Å². The van der Waals surface area contributed by atoms with Gasteiger partial charge in [0.1, 0.15) is 10.9 Å². The highest BCUT2D eigenvalue weighted by molar-refractivity contribution is 9.10. The summed E-state index contributed by atoms with van der Waals surface area (Å²) in [6, 6.07) is 4.68. The van der Waals surface area contributed by atoms with Gasteiger partial charge in [0.2, 0.25) is 5.75 Å². The van der Waals surface area contributed by atoms with E-state index in [-0.39, 0.29) is 16.6 Å². The van der Waals surface area contributed by atoms with E-state index in [9.17, 15) is 10.1 Å². The summed E-state index contributed by atoms with van der Waals surface area (Å²) in [5.41, 5.74) is 1.29. The van der Waals surface area contributed by atoms with E-state index < -0.39 is 4.92 Å². The Morgan fingerprint density at radius 2 is 2.00 bits per heavy atom. The zero-order valence-corrected chi connectivity index (χ0v) is 13.0. The maximum atomic E-state index is 11.1. The van der Waals surface area contributed by atoms with Crippen LogP contribution in [-0.2, 0) is 0 Å². The van der Waals surface area contributed by atoms with Gasteiger partial charge >= 0.3 is 5.69 Å². The van der Waals surface area contributed by atoms with Crippen molar-refractivity contribution in [2.45, 2.75) is 13.8 Å². The number of ether oxygens (including phenoxy) is 1. The first-order valence-corrected chi connectivity index (χ1v) is 6.80. The van der Waals surface area contributed by atoms with Crippen LogP contribution in [0.3, 0.4) is 0 Å². The highest BCUT2D eigenvalue weighted by Crippen LogP contribution is 2.38. The van der Waals surface area contributed by atoms with Crippen LogP contribution in [-0.4, -0.2) is 9.91 Å². The van der Waals surface area contributed by atoms with Crippen LogP contribution >= 0.6 is 27.5 Å². The molecule has 0 saturated carbocycles. The number of hydrogen-bond donors (Lipinski definition) is 0. The molecule has 0 aliphatic rings. The molecule has 0 fully saturated rings. The summed E-state index contributed by atoms with van der Waals surface area (Å²) in [4.78, 5) is 14.6. The number of benzene rings is 1. The quantitative estimate of drug-likeness (QED) is 0.449. The highest BCUT2D eigenvalue weighted by atomic mass is 79.9. The second kappa shape index (κ2) is 5.76. The maximum Gasteiger partial charge on any atom is 0.312 e. The smallest absolute Gasteiger partial charge is 0.312 e. The van der Waals surface area contributed by atoms with Crippen LogP contribution in [0.1, 0.15) is 11.1 Å². The predicted molar refractivity (Wildman–Crippen MR) is 79.6 cm³/mol. The molecule has 0 atom stereocenters. The van der Waals surface area contributed by atoms with Crippen LogP contribution in [0.4, 0.5) is 5.69 Å². The first-order chi connectivity index (χ1) is 9.38. The molecule has 1 heterocycles. The fraction of sp³-hybridized carbons (Fsp3) is 0.154. The van der Waals surface area contributed by atoms with Gasteiger partial charge in [0.25, 0.3) is 0 Å². The second-order valence-electron chi connectivity index (χ2n) is 4.20. The third-order valence-electron chi connectivity index (χ3n) is 2.65. The van der Waals surface area contributed by atoms with Crippen molar-refractivity contribution in [2.75, 3.05) is 0 Å². The Labute approximate surface area is 128 Å². The van der Waals surface area contributed by atoms with E-state index >= 15 is 0 Å². The minimum atomic E-state index is -0.481. The topological polar surface area (TPSA) is 65.3 Å². The lowest BCUT2D eigenvalue weighted by atomic mass is 10.2. The lowest BCUT2D eigenvalue weighted by Gasteiger charge is -2.11. The summed E-state index contributed by atoms with van der Waals surface area (Å²) >= 11 is 9.05. The normalized spacial score (nSPS) is 10.4. The number of halogens is 2. The van der Waals surface area contributed by atoms with Crippen LogP contribution in [0.25, 0.3) is 0 Å². The minimum Gasteiger partial charge on any atom is -0.449 e. The Kier molecular flexibility index (Phi) is 4.25. The van der Waals surface area contributed by atoms with Crippen LogP contribution in [0, 0.1) is 24.0 Å². The van der Waals surface area contributed by atoms with E-state index in [4.69, 9.17) is 16.3 Å². The Morgan fingerprint density at radius 3 is 2.65 bits per heavy atom. The molecule has 1 aromatic carbocycles. The predicted octanol–water partition coefficient (Wildman–Crippen LogP) is 4.81. The van der Waals surface area contributed by atoms with Gasteiger partial charge in [-0.2, -0.15) is 0 Å². The minimum absolute atomic E-state index is 0.107. The molecular weight excluding hydrogens is 348 g/mol. The van der Waals surface area contributed by atoms with Gasteiger partial charge in [-0.05, 0) is 25.5 Å². The van der Waals surface area contributed by atoms with Gasteiger partial charge in [0.05, 0.1) is 4.92 Å². The molecule has 20 heavy (non-hydrogen) atoms. The van der Waals surface area contributed by atoms with Crippen molar-refractivity contribution in [3.05, 3.63) is 55.3 Å². The molecule has 0 aliphatic carbocycles. The van der Waals surface area contributed by atoms with E-state index in [1.807, 2.05) is 0 Å². The standard InChI is InChI=1S/C13H10BrClN2O3/c1-7-3-9(14)4-10(17(18)19)13(7)20-11-5-12(15)16-6-8(11)2/h3-6H,1-2H3. The number of aromatic nitrogens is 1. The molecule has 2 rings (SSSR count). The Bertz CT molecular complexity index is 692. The van der Waals surface area contributed by atoms with Gasteiger partial charge in [-0.25, -0.2) is 4.98 Å². The molecule has 0 aliphatic heterocycles. The number of aryl methyl sites for hydroxylation is 2. The van der Waals surface area contributed by atoms with Crippen LogP contribution in [0.15, 0.2) is 28.9 Å². The monoisotopic (exact) mass is 356 g/mol. The molecule has 0 unspecified atom stereocenters. The summed E-state index contributed by atoms with van der Waals surface area (Å²) in [7, 11) is 0. The summed E-state index contributed by atoms with van der Waals surface area (Å²) in [5, 5.41) is 11.4. The third kappa shape index (κ3) is 3.08. The largest absolute Gasteiger partial charge is 0.449 e. The summed E-state index contributed by atoms with van der Waals surface area (Å²) in [6.07, 6.45) is 1.55. The molecule has 0 N–H and O–H groups in total. The first kappa shape index (κ1) is 14.7. The first-order valence-electron chi connectivity index (χ1n) is 5.63. The lowest BCUT2D eigenvalue weighted by Crippen LogP contribution is -1.97. The Morgan fingerprint density at radius 1 is 1.30 bits per heavy atom. The zero-order chi connectivity index (χ0) is 14.9. The van der Waals surface area contributed by atoms with Crippen molar-refractivity contribution in [3.8, 4) is 11.5 Å². The van der Waals surface area contributed by atoms with Gasteiger partial charge in [0.15, 0.2) is 0 Å². The van der Waals surface area contributed by atoms with E-state index in [0.29, 0.717) is 15.8 Å². The molecule has 0 bridgehead atoms. The third-order valence-corrected chi connectivity index (χ3v) is 3.31. The molecule has 5 nitrogen and oxygen atoms in total. The van der Waals surface area contributed by atoms with Crippen LogP contribution in [0.5, 0.6) is 11.5 Å². The van der Waals surface area contributed by atoms with Crippen molar-refractivity contribution in [3.63, 3.8) is 0 Å². The SMILES string of the molecule is Cc1cnc(Cl)cc1Oc1c(C)cc(Br)cc1[N+](=O)[O-]. The van der Waals surface area contributed by atoms with Crippen LogP contribution < -0.4 is 4.74 Å². The molecule has 7 heteroatoms. The van der Waals surface area contributed by atoms with Gasteiger partial charge in [-0.15, -0.1) is 0 Å². The van der Waals surface area contributed by atoms with Crippen molar-refractivity contribution in [1.29, 1.82) is 0 Å². The second-order valence-corrected chi connectivity index (χ2v) is 5.51. The van der Waals surface area contributed by atoms with Gasteiger partial charge in [-0.3, -0.25) is 10.1 Å². The van der Waals surface area contributed by atoms with E-state index in [1.54, 1.807) is 26.1 Å². The molecule has 2 aromatic rings. The zero-order valence-electron chi connectivity index (χ0n) is 10.7. The molecule has 0 radical (unpaired) electrons. The average Bonchev–Trinajstić information content (AvgIpc) is 2.36. The molecule has 0 saturated heterocycles. The van der Waals surface area contributed by atoms with Gasteiger partial charge < -0.3 is 4.74 Å². The van der Waals surface area contributed by atoms with Gasteiger partial charge in [0, 0.05) is 28.4 Å². The molecule has 0 spiro atoms. The number of rotatable bonds is 3. The fourth-order valence-corrected chi connectivity index (χ4v) is 2.39. The van der Waals surface area contributed by atoms with Crippen molar-refractivity contribution in [1.82, 2.24) is 4.98 Å². The van der Waals surface area contributed by atoms with E-state index in [1.165, 1.54) is 12.1 Å². The van der Waals surface area contributed by atoms with Crippen LogP contribution in [0.2, 0.25) is 5.15 Å². The highest BCUT2D eigenvalue weighted by Gasteiger charge is 2.20. The number of nitro benzene ring substituents is 1. The maximum absolute atomic E-state index is 11.1. The molecule has 0 amide bonds.